The number of hydrogen-bond acceptors (Lipinski definition) is 6. The molecule has 2 aliphatic rings. The van der Waals surface area contributed by atoms with Crippen LogP contribution in [-0.4, -0.2) is 61.7 Å². The van der Waals surface area contributed by atoms with Crippen molar-refractivity contribution in [3.8, 4) is 5.75 Å². The largest absolute Gasteiger partial charge is 0.492 e. The molecule has 2 heterocycles. The molecule has 140 valence electrons. The Morgan fingerprint density at radius 1 is 1.31 bits per heavy atom. The first-order chi connectivity index (χ1) is 12.7. The topological polar surface area (TPSA) is 57.7 Å². The van der Waals surface area contributed by atoms with Crippen LogP contribution >= 0.6 is 11.3 Å². The van der Waals surface area contributed by atoms with Crippen LogP contribution in [0.5, 0.6) is 5.75 Å². The number of thiazole rings is 1. The summed E-state index contributed by atoms with van der Waals surface area (Å²) >= 11 is 1.74. The van der Waals surface area contributed by atoms with Gasteiger partial charge in [0, 0.05) is 45.2 Å². The van der Waals surface area contributed by atoms with Crippen molar-refractivity contribution in [2.75, 3.05) is 50.8 Å². The van der Waals surface area contributed by atoms with Gasteiger partial charge < -0.3 is 15.0 Å². The van der Waals surface area contributed by atoms with E-state index in [2.05, 4.69) is 21.2 Å². The molecule has 2 aromatic rings. The first-order valence-electron chi connectivity index (χ1n) is 9.52. The highest BCUT2D eigenvalue weighted by Crippen LogP contribution is 2.34. The maximum atomic E-state index is 11.7. The third-order valence-electron chi connectivity index (χ3n) is 4.99. The Bertz CT molecular complexity index is 766. The molecule has 0 unspecified atom stereocenters. The molecule has 1 saturated carbocycles. The molecule has 26 heavy (non-hydrogen) atoms. The molecule has 1 aliphatic heterocycles. The fourth-order valence-corrected chi connectivity index (χ4v) is 4.34. The van der Waals surface area contributed by atoms with E-state index in [1.807, 2.05) is 19.1 Å². The highest BCUT2D eigenvalue weighted by Gasteiger charge is 2.29. The van der Waals surface area contributed by atoms with Crippen molar-refractivity contribution in [1.29, 1.82) is 0 Å². The number of nitrogens with zero attached hydrogens (tertiary/aromatic N) is 3. The third kappa shape index (κ3) is 3.94. The number of anilines is 1. The maximum absolute atomic E-state index is 11.7. The minimum atomic E-state index is 0.239. The van der Waals surface area contributed by atoms with E-state index in [1.165, 1.54) is 4.70 Å². The molecule has 1 aromatic carbocycles. The van der Waals surface area contributed by atoms with Gasteiger partial charge >= 0.3 is 0 Å². The molecule has 1 N–H and O–H groups in total. The number of nitrogens with one attached hydrogen (secondary N) is 1. The van der Waals surface area contributed by atoms with E-state index in [1.54, 1.807) is 11.3 Å². The average Bonchev–Trinajstić information content (AvgIpc) is 3.42. The molecule has 0 atom stereocenters. The quantitative estimate of drug-likeness (QED) is 0.806. The normalized spacial score (nSPS) is 18.3. The van der Waals surface area contributed by atoms with Crippen molar-refractivity contribution in [2.24, 2.45) is 5.92 Å². The van der Waals surface area contributed by atoms with Crippen LogP contribution in [-0.2, 0) is 4.79 Å². The lowest BCUT2D eigenvalue weighted by atomic mass is 10.3. The average molecular weight is 375 g/mol. The zero-order valence-corrected chi connectivity index (χ0v) is 16.1. The Kier molecular flexibility index (Phi) is 5.26. The summed E-state index contributed by atoms with van der Waals surface area (Å²) in [4.78, 5) is 21.3. The van der Waals surface area contributed by atoms with Crippen molar-refractivity contribution in [3.63, 3.8) is 0 Å². The Morgan fingerprint density at radius 2 is 2.12 bits per heavy atom. The number of para-hydroxylation sites is 1. The number of amides is 1. The standard InChI is InChI=1S/C19H26N4O2S/c1-2-25-15-4-3-5-16-17(15)21-19(26-16)23-12-10-22(11-13-23)9-8-20-18(24)14-6-7-14/h3-5,14H,2,6-13H2,1H3,(H,20,24). The van der Waals surface area contributed by atoms with Gasteiger partial charge in [-0.1, -0.05) is 17.4 Å². The monoisotopic (exact) mass is 374 g/mol. The van der Waals surface area contributed by atoms with E-state index in [0.29, 0.717) is 12.5 Å². The van der Waals surface area contributed by atoms with Crippen LogP contribution in [0.4, 0.5) is 5.13 Å². The predicted octanol–water partition coefficient (Wildman–Crippen LogP) is 2.34. The summed E-state index contributed by atoms with van der Waals surface area (Å²) in [5.41, 5.74) is 0.972. The van der Waals surface area contributed by atoms with Gasteiger partial charge in [-0.2, -0.15) is 0 Å². The first kappa shape index (κ1) is 17.5. The van der Waals surface area contributed by atoms with E-state index >= 15 is 0 Å². The second-order valence-corrected chi connectivity index (χ2v) is 7.94. The minimum Gasteiger partial charge on any atom is -0.492 e. The number of benzene rings is 1. The summed E-state index contributed by atoms with van der Waals surface area (Å²) < 4.78 is 6.88. The van der Waals surface area contributed by atoms with Crippen molar-refractivity contribution < 1.29 is 9.53 Å². The SMILES string of the molecule is CCOc1cccc2sc(N3CCN(CCNC(=O)C4CC4)CC3)nc12. The summed E-state index contributed by atoms with van der Waals surface area (Å²) in [6, 6.07) is 6.13. The fourth-order valence-electron chi connectivity index (χ4n) is 3.31. The smallest absolute Gasteiger partial charge is 0.223 e. The molecule has 0 radical (unpaired) electrons. The van der Waals surface area contributed by atoms with E-state index < -0.39 is 0 Å². The third-order valence-corrected chi connectivity index (χ3v) is 6.07. The Morgan fingerprint density at radius 3 is 2.85 bits per heavy atom. The Balaban J connectivity index is 1.30. The van der Waals surface area contributed by atoms with Gasteiger partial charge in [-0.15, -0.1) is 0 Å². The van der Waals surface area contributed by atoms with Gasteiger partial charge in [0.1, 0.15) is 11.3 Å². The van der Waals surface area contributed by atoms with E-state index in [4.69, 9.17) is 9.72 Å². The summed E-state index contributed by atoms with van der Waals surface area (Å²) in [7, 11) is 0. The van der Waals surface area contributed by atoms with Gasteiger partial charge in [-0.3, -0.25) is 9.69 Å². The van der Waals surface area contributed by atoms with Crippen LogP contribution in [0.3, 0.4) is 0 Å². The van der Waals surface area contributed by atoms with Crippen molar-refractivity contribution in [3.05, 3.63) is 18.2 Å². The molecule has 2 fully saturated rings. The number of piperazine rings is 1. The number of ether oxygens (including phenoxy) is 1. The van der Waals surface area contributed by atoms with Crippen LogP contribution < -0.4 is 15.0 Å². The maximum Gasteiger partial charge on any atom is 0.223 e. The number of hydrogen-bond donors (Lipinski definition) is 1. The lowest BCUT2D eigenvalue weighted by Gasteiger charge is -2.34. The molecule has 1 aromatic heterocycles. The molecular formula is C19H26N4O2S. The highest BCUT2D eigenvalue weighted by molar-refractivity contribution is 7.22. The van der Waals surface area contributed by atoms with Crippen LogP contribution in [0, 0.1) is 5.92 Å². The lowest BCUT2D eigenvalue weighted by Crippen LogP contribution is -2.48. The predicted molar refractivity (Wildman–Crippen MR) is 105 cm³/mol. The fraction of sp³-hybridized carbons (Fsp3) is 0.579. The van der Waals surface area contributed by atoms with Gasteiger partial charge in [-0.25, -0.2) is 4.98 Å². The Labute approximate surface area is 158 Å². The van der Waals surface area contributed by atoms with Gasteiger partial charge in [0.2, 0.25) is 5.91 Å². The number of rotatable bonds is 7. The number of carbonyl (C=O) groups excluding carboxylic acids is 1. The summed E-state index contributed by atoms with van der Waals surface area (Å²) in [6.07, 6.45) is 2.13. The number of fused-ring (bicyclic) bond motifs is 1. The first-order valence-corrected chi connectivity index (χ1v) is 10.3. The molecule has 4 rings (SSSR count). The van der Waals surface area contributed by atoms with E-state index in [0.717, 1.165) is 68.5 Å². The molecule has 6 nitrogen and oxygen atoms in total. The highest BCUT2D eigenvalue weighted by atomic mass is 32.1. The van der Waals surface area contributed by atoms with Crippen molar-refractivity contribution in [1.82, 2.24) is 15.2 Å². The number of aromatic nitrogens is 1. The molecule has 1 saturated heterocycles. The van der Waals surface area contributed by atoms with Crippen LogP contribution in [0.2, 0.25) is 0 Å². The second-order valence-electron chi connectivity index (χ2n) is 6.93. The van der Waals surface area contributed by atoms with Crippen LogP contribution in [0.15, 0.2) is 18.2 Å². The van der Waals surface area contributed by atoms with Crippen LogP contribution in [0.1, 0.15) is 19.8 Å². The molecule has 7 heteroatoms. The molecule has 1 amide bonds. The zero-order chi connectivity index (χ0) is 17.9. The number of carbonyl (C=O) groups is 1. The van der Waals surface area contributed by atoms with E-state index in [-0.39, 0.29) is 5.91 Å². The lowest BCUT2D eigenvalue weighted by molar-refractivity contribution is -0.122. The van der Waals surface area contributed by atoms with Gasteiger partial charge in [0.15, 0.2) is 5.13 Å². The van der Waals surface area contributed by atoms with E-state index in [9.17, 15) is 4.79 Å². The van der Waals surface area contributed by atoms with Crippen molar-refractivity contribution >= 4 is 32.6 Å². The van der Waals surface area contributed by atoms with Crippen LogP contribution in [0.25, 0.3) is 10.2 Å². The minimum absolute atomic E-state index is 0.239. The Hall–Kier alpha value is -1.86. The van der Waals surface area contributed by atoms with Gasteiger partial charge in [-0.05, 0) is 31.9 Å². The second kappa shape index (κ2) is 7.80. The summed E-state index contributed by atoms with van der Waals surface area (Å²) in [5.74, 6) is 1.41. The van der Waals surface area contributed by atoms with Crippen molar-refractivity contribution in [2.45, 2.75) is 19.8 Å². The van der Waals surface area contributed by atoms with Gasteiger partial charge in [0.05, 0.1) is 11.3 Å². The summed E-state index contributed by atoms with van der Waals surface area (Å²) in [6.45, 7) is 8.30. The van der Waals surface area contributed by atoms with Gasteiger partial charge in [0.25, 0.3) is 0 Å². The molecule has 1 aliphatic carbocycles. The zero-order valence-electron chi connectivity index (χ0n) is 15.2. The molecule has 0 spiro atoms. The summed E-state index contributed by atoms with van der Waals surface area (Å²) in [5, 5.41) is 4.13. The molecular weight excluding hydrogens is 348 g/mol. The molecule has 0 bridgehead atoms.